The van der Waals surface area contributed by atoms with Crippen LogP contribution in [0.3, 0.4) is 0 Å². The van der Waals surface area contributed by atoms with Crippen LogP contribution in [0.1, 0.15) is 48.0 Å². The summed E-state index contributed by atoms with van der Waals surface area (Å²) in [5.74, 6) is 0. The molecule has 0 aliphatic carbocycles. The zero-order valence-corrected chi connectivity index (χ0v) is 8.85. The Morgan fingerprint density at radius 2 is 1.64 bits per heavy atom. The third-order valence-electron chi connectivity index (χ3n) is 0.829. The molecule has 0 bridgehead atoms. The van der Waals surface area contributed by atoms with E-state index >= 15 is 0 Å². The van der Waals surface area contributed by atoms with Gasteiger partial charge in [0.1, 0.15) is 6.10 Å². The van der Waals surface area contributed by atoms with Gasteiger partial charge in [-0.1, -0.05) is 34.6 Å². The van der Waals surface area contributed by atoms with Gasteiger partial charge in [0.25, 0.3) is 0 Å². The topological polar surface area (TPSA) is 21.6 Å². The lowest BCUT2D eigenvalue weighted by atomic mass is 10.3. The minimum atomic E-state index is 0.220. The van der Waals surface area contributed by atoms with Crippen molar-refractivity contribution < 1.29 is 4.84 Å². The molecule has 2 heteroatoms. The first-order valence-corrected chi connectivity index (χ1v) is 4.43. The summed E-state index contributed by atoms with van der Waals surface area (Å²) in [7, 11) is 0. The number of hydrogen-bond donors (Lipinski definition) is 0. The summed E-state index contributed by atoms with van der Waals surface area (Å²) < 4.78 is 0. The van der Waals surface area contributed by atoms with E-state index in [1.807, 2.05) is 41.5 Å². The first-order chi connectivity index (χ1) is 5.31. The van der Waals surface area contributed by atoms with Crippen molar-refractivity contribution >= 4 is 6.72 Å². The van der Waals surface area contributed by atoms with Gasteiger partial charge in [0.15, 0.2) is 0 Å². The van der Waals surface area contributed by atoms with E-state index in [9.17, 15) is 0 Å². The van der Waals surface area contributed by atoms with Gasteiger partial charge in [-0.15, -0.1) is 5.16 Å². The second kappa shape index (κ2) is 22.7. The molecule has 11 heavy (non-hydrogen) atoms. The van der Waals surface area contributed by atoms with Gasteiger partial charge in [0.2, 0.25) is 0 Å². The van der Waals surface area contributed by atoms with Gasteiger partial charge >= 0.3 is 0 Å². The first kappa shape index (κ1) is 16.8. The van der Waals surface area contributed by atoms with Crippen molar-refractivity contribution in [3.8, 4) is 0 Å². The predicted molar refractivity (Wildman–Crippen MR) is 53.1 cm³/mol. The second-order valence-corrected chi connectivity index (χ2v) is 1.45. The second-order valence-electron chi connectivity index (χ2n) is 1.45. The van der Waals surface area contributed by atoms with Gasteiger partial charge < -0.3 is 4.84 Å². The van der Waals surface area contributed by atoms with Crippen molar-refractivity contribution in [2.24, 2.45) is 5.16 Å². The van der Waals surface area contributed by atoms with Crippen molar-refractivity contribution in [3.05, 3.63) is 0 Å². The number of hydrogen-bond acceptors (Lipinski definition) is 2. The van der Waals surface area contributed by atoms with Crippen LogP contribution in [-0.2, 0) is 4.84 Å². The highest BCUT2D eigenvalue weighted by atomic mass is 16.6. The van der Waals surface area contributed by atoms with Crippen molar-refractivity contribution in [3.63, 3.8) is 0 Å². The van der Waals surface area contributed by atoms with Crippen LogP contribution >= 0.6 is 0 Å². The normalized spacial score (nSPS) is 9.27. The van der Waals surface area contributed by atoms with Crippen molar-refractivity contribution in [2.45, 2.75) is 54.1 Å². The number of rotatable bonds is 3. The highest BCUT2D eigenvalue weighted by Gasteiger charge is 1.92. The van der Waals surface area contributed by atoms with E-state index in [4.69, 9.17) is 4.84 Å². The molecule has 0 aliphatic rings. The Labute approximate surface area is 71.6 Å². The zero-order chi connectivity index (χ0) is 9.70. The average molecular weight is 161 g/mol. The van der Waals surface area contributed by atoms with Gasteiger partial charge in [-0.2, -0.15) is 0 Å². The van der Waals surface area contributed by atoms with Gasteiger partial charge in [-0.3, -0.25) is 0 Å². The Balaban J connectivity index is -0.000000138. The van der Waals surface area contributed by atoms with E-state index in [2.05, 4.69) is 11.9 Å². The minimum Gasteiger partial charge on any atom is -0.393 e. The zero-order valence-electron chi connectivity index (χ0n) is 8.85. The number of oxime groups is 1. The average Bonchev–Trinajstić information content (AvgIpc) is 2.12. The standard InChI is InChI=1S/C5H11NO.2C2H6/c1-4-5(2)7-6-3;2*1-2/h5H,3-4H2,1-2H3;2*1-2H3. The van der Waals surface area contributed by atoms with Crippen LogP contribution in [0.5, 0.6) is 0 Å². The third kappa shape index (κ3) is 26.4. The molecule has 0 aromatic heterocycles. The monoisotopic (exact) mass is 161 g/mol. The molecule has 0 N–H and O–H groups in total. The Morgan fingerprint density at radius 3 is 1.73 bits per heavy atom. The molecule has 0 heterocycles. The van der Waals surface area contributed by atoms with Crippen LogP contribution in [0.4, 0.5) is 0 Å². The Morgan fingerprint density at radius 1 is 1.27 bits per heavy atom. The first-order valence-electron chi connectivity index (χ1n) is 4.43. The van der Waals surface area contributed by atoms with Crippen molar-refractivity contribution in [1.82, 2.24) is 0 Å². The van der Waals surface area contributed by atoms with E-state index in [1.165, 1.54) is 0 Å². The van der Waals surface area contributed by atoms with Gasteiger partial charge in [0.05, 0.1) is 0 Å². The molecule has 0 spiro atoms. The van der Waals surface area contributed by atoms with Crippen LogP contribution in [0.15, 0.2) is 5.16 Å². The molecule has 0 rings (SSSR count). The maximum atomic E-state index is 4.70. The fraction of sp³-hybridized carbons (Fsp3) is 0.889. The lowest BCUT2D eigenvalue weighted by Gasteiger charge is -2.02. The largest absolute Gasteiger partial charge is 0.393 e. The summed E-state index contributed by atoms with van der Waals surface area (Å²) >= 11 is 0. The molecule has 0 saturated carbocycles. The van der Waals surface area contributed by atoms with Crippen LogP contribution < -0.4 is 0 Å². The van der Waals surface area contributed by atoms with Crippen LogP contribution in [0.25, 0.3) is 0 Å². The summed E-state index contributed by atoms with van der Waals surface area (Å²) in [5, 5.41) is 3.26. The van der Waals surface area contributed by atoms with E-state index in [0.717, 1.165) is 6.42 Å². The molecule has 0 radical (unpaired) electrons. The Bertz CT molecular complexity index is 55.5. The Kier molecular flexibility index (Phi) is 34.7. The van der Waals surface area contributed by atoms with Gasteiger partial charge in [-0.05, 0) is 13.3 Å². The van der Waals surface area contributed by atoms with Crippen LogP contribution in [0, 0.1) is 0 Å². The molecule has 1 unspecified atom stereocenters. The molecular formula is C9H23NO. The predicted octanol–water partition coefficient (Wildman–Crippen LogP) is 3.47. The van der Waals surface area contributed by atoms with E-state index in [1.54, 1.807) is 0 Å². The van der Waals surface area contributed by atoms with E-state index < -0.39 is 0 Å². The van der Waals surface area contributed by atoms with Gasteiger partial charge in [0, 0.05) is 6.72 Å². The molecule has 0 fully saturated rings. The van der Waals surface area contributed by atoms with Crippen LogP contribution in [0.2, 0.25) is 0 Å². The summed E-state index contributed by atoms with van der Waals surface area (Å²) in [4.78, 5) is 4.70. The molecule has 2 nitrogen and oxygen atoms in total. The molecule has 0 aliphatic heterocycles. The molecule has 70 valence electrons. The third-order valence-corrected chi connectivity index (χ3v) is 0.829. The molecule has 0 aromatic carbocycles. The van der Waals surface area contributed by atoms with Crippen molar-refractivity contribution in [2.75, 3.05) is 0 Å². The van der Waals surface area contributed by atoms with E-state index in [-0.39, 0.29) is 6.10 Å². The highest BCUT2D eigenvalue weighted by Crippen LogP contribution is 1.93. The summed E-state index contributed by atoms with van der Waals surface area (Å²) in [6.07, 6.45) is 1.21. The summed E-state index contributed by atoms with van der Waals surface area (Å²) in [6.45, 7) is 15.2. The lowest BCUT2D eigenvalue weighted by Crippen LogP contribution is -1.99. The van der Waals surface area contributed by atoms with Crippen molar-refractivity contribution in [1.29, 1.82) is 0 Å². The smallest absolute Gasteiger partial charge is 0.124 e. The van der Waals surface area contributed by atoms with E-state index in [0.29, 0.717) is 0 Å². The molecular weight excluding hydrogens is 138 g/mol. The molecule has 0 saturated heterocycles. The lowest BCUT2D eigenvalue weighted by molar-refractivity contribution is 0.0721. The SMILES string of the molecule is C=NOC(C)CC.CC.CC. The summed E-state index contributed by atoms with van der Waals surface area (Å²) in [5.41, 5.74) is 0. The van der Waals surface area contributed by atoms with Gasteiger partial charge in [-0.25, -0.2) is 0 Å². The molecule has 1 atom stereocenters. The summed E-state index contributed by atoms with van der Waals surface area (Å²) in [6, 6.07) is 0. The number of nitrogens with zero attached hydrogens (tertiary/aromatic N) is 1. The minimum absolute atomic E-state index is 0.220. The fourth-order valence-electron chi connectivity index (χ4n) is 0.202. The molecule has 0 aromatic rings. The highest BCUT2D eigenvalue weighted by molar-refractivity contribution is 5.21. The fourth-order valence-corrected chi connectivity index (χ4v) is 0.202. The molecule has 0 amide bonds. The maximum absolute atomic E-state index is 4.70. The Hall–Kier alpha value is -0.530. The quantitative estimate of drug-likeness (QED) is 0.459. The van der Waals surface area contributed by atoms with Crippen LogP contribution in [-0.4, -0.2) is 12.8 Å². The maximum Gasteiger partial charge on any atom is 0.124 e.